The lowest BCUT2D eigenvalue weighted by Crippen LogP contribution is -2.36. The van der Waals surface area contributed by atoms with Crippen molar-refractivity contribution in [2.24, 2.45) is 10.9 Å². The standard InChI is InChI=1S/C24H30FNO2/c1-24(2)16-20(13-15-28-24)23(19-6-8-21(25)9-7-19)12-14-26-17-18-4-10-22(27-3)11-5-18/h4-11,17,20,23H,12-16H2,1-3H3. The zero-order chi connectivity index (χ0) is 20.0. The summed E-state index contributed by atoms with van der Waals surface area (Å²) in [5.74, 6) is 1.53. The minimum absolute atomic E-state index is 0.104. The molecular weight excluding hydrogens is 353 g/mol. The van der Waals surface area contributed by atoms with Crippen molar-refractivity contribution in [3.05, 3.63) is 65.5 Å². The second-order valence-corrected chi connectivity index (χ2v) is 8.12. The fourth-order valence-electron chi connectivity index (χ4n) is 4.08. The van der Waals surface area contributed by atoms with Crippen molar-refractivity contribution in [1.29, 1.82) is 0 Å². The third kappa shape index (κ3) is 5.65. The predicted molar refractivity (Wildman–Crippen MR) is 112 cm³/mol. The molecule has 1 saturated heterocycles. The highest BCUT2D eigenvalue weighted by Gasteiger charge is 2.33. The molecule has 1 aliphatic heterocycles. The third-order valence-electron chi connectivity index (χ3n) is 5.53. The normalized spacial score (nSPS) is 20.2. The quantitative estimate of drug-likeness (QED) is 0.580. The maximum Gasteiger partial charge on any atom is 0.123 e. The van der Waals surface area contributed by atoms with Crippen LogP contribution in [0.3, 0.4) is 0 Å². The van der Waals surface area contributed by atoms with E-state index in [9.17, 15) is 4.39 Å². The molecule has 2 aromatic carbocycles. The van der Waals surface area contributed by atoms with Gasteiger partial charge in [-0.3, -0.25) is 4.99 Å². The van der Waals surface area contributed by atoms with E-state index in [-0.39, 0.29) is 11.4 Å². The van der Waals surface area contributed by atoms with Crippen molar-refractivity contribution < 1.29 is 13.9 Å². The number of benzene rings is 2. The van der Waals surface area contributed by atoms with Gasteiger partial charge in [-0.15, -0.1) is 0 Å². The molecule has 3 rings (SSSR count). The Kier molecular flexibility index (Phi) is 6.84. The number of halogens is 1. The molecule has 2 aromatic rings. The SMILES string of the molecule is COc1ccc(C=NCCC(c2ccc(F)cc2)C2CCOC(C)(C)C2)cc1. The van der Waals surface area contributed by atoms with E-state index in [2.05, 4.69) is 18.8 Å². The van der Waals surface area contributed by atoms with Crippen molar-refractivity contribution in [2.75, 3.05) is 20.3 Å². The highest BCUT2D eigenvalue weighted by molar-refractivity contribution is 5.79. The molecular formula is C24H30FNO2. The first-order valence-electron chi connectivity index (χ1n) is 10.0. The van der Waals surface area contributed by atoms with Gasteiger partial charge in [-0.1, -0.05) is 12.1 Å². The minimum Gasteiger partial charge on any atom is -0.497 e. The largest absolute Gasteiger partial charge is 0.497 e. The second kappa shape index (κ2) is 9.33. The van der Waals surface area contributed by atoms with Crippen LogP contribution in [0.2, 0.25) is 0 Å². The van der Waals surface area contributed by atoms with Crippen molar-refractivity contribution in [3.63, 3.8) is 0 Å². The Labute approximate surface area is 167 Å². The Balaban J connectivity index is 1.68. The van der Waals surface area contributed by atoms with E-state index in [1.807, 2.05) is 42.6 Å². The van der Waals surface area contributed by atoms with E-state index < -0.39 is 0 Å². The molecule has 3 nitrogen and oxygen atoms in total. The Morgan fingerprint density at radius 2 is 1.89 bits per heavy atom. The van der Waals surface area contributed by atoms with E-state index in [0.29, 0.717) is 11.8 Å². The van der Waals surface area contributed by atoms with Gasteiger partial charge in [0.05, 0.1) is 12.7 Å². The molecule has 1 fully saturated rings. The fourth-order valence-corrected chi connectivity index (χ4v) is 4.08. The topological polar surface area (TPSA) is 30.8 Å². The third-order valence-corrected chi connectivity index (χ3v) is 5.53. The molecule has 150 valence electrons. The lowest BCUT2D eigenvalue weighted by atomic mass is 9.75. The molecule has 0 aromatic heterocycles. The summed E-state index contributed by atoms with van der Waals surface area (Å²) in [7, 11) is 1.66. The van der Waals surface area contributed by atoms with Crippen molar-refractivity contribution in [3.8, 4) is 5.75 Å². The fraction of sp³-hybridized carbons (Fsp3) is 0.458. The number of nitrogens with zero attached hydrogens (tertiary/aromatic N) is 1. The Morgan fingerprint density at radius 1 is 1.18 bits per heavy atom. The van der Waals surface area contributed by atoms with Crippen molar-refractivity contribution in [2.45, 2.75) is 44.6 Å². The van der Waals surface area contributed by atoms with Crippen LogP contribution >= 0.6 is 0 Å². The first-order chi connectivity index (χ1) is 13.5. The van der Waals surface area contributed by atoms with Crippen molar-refractivity contribution >= 4 is 6.21 Å². The lowest BCUT2D eigenvalue weighted by molar-refractivity contribution is -0.0771. The number of aliphatic imine (C=N–C) groups is 1. The number of rotatable bonds is 7. The van der Waals surface area contributed by atoms with Crippen LogP contribution < -0.4 is 4.74 Å². The molecule has 28 heavy (non-hydrogen) atoms. The van der Waals surface area contributed by atoms with Gasteiger partial charge in [-0.05, 0) is 92.5 Å². The zero-order valence-electron chi connectivity index (χ0n) is 17.0. The predicted octanol–water partition coefficient (Wildman–Crippen LogP) is 5.63. The molecule has 0 N–H and O–H groups in total. The molecule has 0 radical (unpaired) electrons. The zero-order valence-corrected chi connectivity index (χ0v) is 17.0. The summed E-state index contributed by atoms with van der Waals surface area (Å²) in [6, 6.07) is 14.9. The van der Waals surface area contributed by atoms with Crippen LogP contribution in [0.5, 0.6) is 5.75 Å². The first kappa shape index (κ1) is 20.5. The molecule has 2 atom stereocenters. The summed E-state index contributed by atoms with van der Waals surface area (Å²) < 4.78 is 24.5. The summed E-state index contributed by atoms with van der Waals surface area (Å²) in [5.41, 5.74) is 2.16. The highest BCUT2D eigenvalue weighted by atomic mass is 19.1. The van der Waals surface area contributed by atoms with E-state index in [1.54, 1.807) is 19.2 Å². The minimum atomic E-state index is -0.188. The van der Waals surface area contributed by atoms with Gasteiger partial charge in [0.15, 0.2) is 0 Å². The Hall–Kier alpha value is -2.20. The second-order valence-electron chi connectivity index (χ2n) is 8.12. The van der Waals surface area contributed by atoms with Crippen LogP contribution in [0.1, 0.15) is 50.2 Å². The molecule has 1 aliphatic rings. The van der Waals surface area contributed by atoms with Gasteiger partial charge in [0.1, 0.15) is 11.6 Å². The monoisotopic (exact) mass is 383 g/mol. The molecule has 0 spiro atoms. The Morgan fingerprint density at radius 3 is 2.54 bits per heavy atom. The van der Waals surface area contributed by atoms with Crippen molar-refractivity contribution in [1.82, 2.24) is 0 Å². The van der Waals surface area contributed by atoms with Gasteiger partial charge >= 0.3 is 0 Å². The molecule has 4 heteroatoms. The molecule has 0 bridgehead atoms. The van der Waals surface area contributed by atoms with Crippen LogP contribution in [0.4, 0.5) is 4.39 Å². The molecule has 0 saturated carbocycles. The van der Waals surface area contributed by atoms with E-state index in [0.717, 1.165) is 43.7 Å². The van der Waals surface area contributed by atoms with Crippen LogP contribution in [0.25, 0.3) is 0 Å². The average Bonchev–Trinajstić information content (AvgIpc) is 2.69. The van der Waals surface area contributed by atoms with Crippen LogP contribution in [-0.2, 0) is 4.74 Å². The highest BCUT2D eigenvalue weighted by Crippen LogP contribution is 2.40. The molecule has 0 amide bonds. The van der Waals surface area contributed by atoms with Gasteiger partial charge in [0.2, 0.25) is 0 Å². The smallest absolute Gasteiger partial charge is 0.123 e. The Bertz CT molecular complexity index is 768. The number of ether oxygens (including phenoxy) is 2. The van der Waals surface area contributed by atoms with Crippen LogP contribution in [0.15, 0.2) is 53.5 Å². The van der Waals surface area contributed by atoms with Gasteiger partial charge in [-0.25, -0.2) is 4.39 Å². The number of hydrogen-bond acceptors (Lipinski definition) is 3. The lowest BCUT2D eigenvalue weighted by Gasteiger charge is -2.39. The van der Waals surface area contributed by atoms with E-state index in [4.69, 9.17) is 9.47 Å². The number of hydrogen-bond donors (Lipinski definition) is 0. The summed E-state index contributed by atoms with van der Waals surface area (Å²) in [5, 5.41) is 0. The van der Waals surface area contributed by atoms with E-state index >= 15 is 0 Å². The van der Waals surface area contributed by atoms with Gasteiger partial charge in [0.25, 0.3) is 0 Å². The molecule has 0 aliphatic carbocycles. The van der Waals surface area contributed by atoms with Gasteiger partial charge in [-0.2, -0.15) is 0 Å². The summed E-state index contributed by atoms with van der Waals surface area (Å²) in [4.78, 5) is 4.64. The maximum absolute atomic E-state index is 13.4. The number of methoxy groups -OCH3 is 1. The maximum atomic E-state index is 13.4. The molecule has 2 unspecified atom stereocenters. The molecule has 1 heterocycles. The van der Waals surface area contributed by atoms with E-state index in [1.165, 1.54) is 5.56 Å². The van der Waals surface area contributed by atoms with Crippen LogP contribution in [0, 0.1) is 11.7 Å². The summed E-state index contributed by atoms with van der Waals surface area (Å²) in [6.07, 6.45) is 4.90. The van der Waals surface area contributed by atoms with Gasteiger partial charge in [0, 0.05) is 19.4 Å². The summed E-state index contributed by atoms with van der Waals surface area (Å²) in [6.45, 7) is 5.84. The first-order valence-corrected chi connectivity index (χ1v) is 10.0. The summed E-state index contributed by atoms with van der Waals surface area (Å²) >= 11 is 0. The van der Waals surface area contributed by atoms with Gasteiger partial charge < -0.3 is 9.47 Å². The van der Waals surface area contributed by atoms with Crippen LogP contribution in [-0.4, -0.2) is 32.1 Å². The average molecular weight is 384 g/mol.